The van der Waals surface area contributed by atoms with Crippen molar-refractivity contribution in [2.24, 2.45) is 0 Å². The number of alkyl carbamates (subject to hydrolysis) is 1. The van der Waals surface area contributed by atoms with Gasteiger partial charge < -0.3 is 14.8 Å². The number of nitrogens with one attached hydrogen (secondary N) is 1. The molecule has 1 aromatic carbocycles. The zero-order valence-corrected chi connectivity index (χ0v) is 13.4. The highest BCUT2D eigenvalue weighted by atomic mass is 16.6. The van der Waals surface area contributed by atoms with E-state index in [9.17, 15) is 4.79 Å². The molecule has 0 saturated heterocycles. The molecule has 114 valence electrons. The van der Waals surface area contributed by atoms with Gasteiger partial charge in [0.2, 0.25) is 0 Å². The number of hydrogen-bond donors (Lipinski definition) is 1. The maximum absolute atomic E-state index is 11.4. The highest BCUT2D eigenvalue weighted by Crippen LogP contribution is 2.17. The SMILES string of the molecule is COc1ccc(C#CCCNC(=O)OC(C)(C)C)cc1C. The Bertz CT molecular complexity index is 547. The first-order valence-corrected chi connectivity index (χ1v) is 6.92. The van der Waals surface area contributed by atoms with Crippen molar-refractivity contribution in [3.05, 3.63) is 29.3 Å². The number of amides is 1. The highest BCUT2D eigenvalue weighted by Gasteiger charge is 2.15. The summed E-state index contributed by atoms with van der Waals surface area (Å²) in [5.41, 5.74) is 1.51. The Kier molecular flexibility index (Phi) is 6.10. The van der Waals surface area contributed by atoms with E-state index < -0.39 is 11.7 Å². The molecule has 0 atom stereocenters. The van der Waals surface area contributed by atoms with Crippen molar-refractivity contribution < 1.29 is 14.3 Å². The zero-order valence-electron chi connectivity index (χ0n) is 13.4. The average molecular weight is 289 g/mol. The molecule has 0 saturated carbocycles. The first-order valence-electron chi connectivity index (χ1n) is 6.92. The monoisotopic (exact) mass is 289 g/mol. The molecule has 0 heterocycles. The van der Waals surface area contributed by atoms with E-state index in [1.54, 1.807) is 7.11 Å². The van der Waals surface area contributed by atoms with Gasteiger partial charge in [0.15, 0.2) is 0 Å². The lowest BCUT2D eigenvalue weighted by Crippen LogP contribution is -2.32. The van der Waals surface area contributed by atoms with E-state index in [-0.39, 0.29) is 0 Å². The van der Waals surface area contributed by atoms with Crippen molar-refractivity contribution >= 4 is 6.09 Å². The van der Waals surface area contributed by atoms with E-state index in [0.29, 0.717) is 13.0 Å². The molecule has 0 aliphatic rings. The third-order valence-electron chi connectivity index (χ3n) is 2.55. The van der Waals surface area contributed by atoms with Crippen LogP contribution in [0.2, 0.25) is 0 Å². The molecule has 0 unspecified atom stereocenters. The van der Waals surface area contributed by atoms with Gasteiger partial charge in [-0.15, -0.1) is 0 Å². The molecule has 0 fully saturated rings. The Morgan fingerprint density at radius 3 is 2.62 bits per heavy atom. The predicted molar refractivity (Wildman–Crippen MR) is 83.5 cm³/mol. The second kappa shape index (κ2) is 7.58. The largest absolute Gasteiger partial charge is 0.496 e. The van der Waals surface area contributed by atoms with Gasteiger partial charge in [-0.05, 0) is 51.5 Å². The third kappa shape index (κ3) is 6.71. The molecule has 0 aliphatic heterocycles. The van der Waals surface area contributed by atoms with Crippen LogP contribution in [0.3, 0.4) is 0 Å². The lowest BCUT2D eigenvalue weighted by atomic mass is 10.1. The van der Waals surface area contributed by atoms with Gasteiger partial charge in [0.1, 0.15) is 11.4 Å². The maximum atomic E-state index is 11.4. The normalized spacial score (nSPS) is 10.3. The first kappa shape index (κ1) is 16.9. The van der Waals surface area contributed by atoms with Crippen molar-refractivity contribution in [3.8, 4) is 17.6 Å². The molecule has 0 spiro atoms. The molecule has 0 aromatic heterocycles. The van der Waals surface area contributed by atoms with Crippen molar-refractivity contribution in [3.63, 3.8) is 0 Å². The standard InChI is InChI=1S/C17H23NO3/c1-13-12-14(9-10-15(13)20-5)8-6-7-11-18-16(19)21-17(2,3)4/h9-10,12H,7,11H2,1-5H3,(H,18,19). The molecule has 1 amide bonds. The number of hydrogen-bond acceptors (Lipinski definition) is 3. The van der Waals surface area contributed by atoms with Gasteiger partial charge in [-0.1, -0.05) is 11.8 Å². The van der Waals surface area contributed by atoms with Gasteiger partial charge in [0, 0.05) is 18.5 Å². The van der Waals surface area contributed by atoms with Gasteiger partial charge in [-0.2, -0.15) is 0 Å². The minimum Gasteiger partial charge on any atom is -0.496 e. The Morgan fingerprint density at radius 2 is 2.05 bits per heavy atom. The second-order valence-electron chi connectivity index (χ2n) is 5.66. The topological polar surface area (TPSA) is 47.6 Å². The van der Waals surface area contributed by atoms with E-state index in [2.05, 4.69) is 17.2 Å². The zero-order chi connectivity index (χ0) is 15.9. The third-order valence-corrected chi connectivity index (χ3v) is 2.55. The van der Waals surface area contributed by atoms with E-state index >= 15 is 0 Å². The Labute approximate surface area is 126 Å². The number of rotatable bonds is 3. The summed E-state index contributed by atoms with van der Waals surface area (Å²) in [7, 11) is 1.65. The van der Waals surface area contributed by atoms with Crippen LogP contribution in [0.25, 0.3) is 0 Å². The van der Waals surface area contributed by atoms with Crippen molar-refractivity contribution in [1.82, 2.24) is 5.32 Å². The smallest absolute Gasteiger partial charge is 0.407 e. The number of methoxy groups -OCH3 is 1. The number of carbonyl (C=O) groups excluding carboxylic acids is 1. The maximum Gasteiger partial charge on any atom is 0.407 e. The second-order valence-corrected chi connectivity index (χ2v) is 5.66. The van der Waals surface area contributed by atoms with Gasteiger partial charge in [-0.3, -0.25) is 0 Å². The summed E-state index contributed by atoms with van der Waals surface area (Å²) in [5, 5.41) is 2.67. The minimum atomic E-state index is -0.476. The molecule has 1 aromatic rings. The Morgan fingerprint density at radius 1 is 1.33 bits per heavy atom. The van der Waals surface area contributed by atoms with Crippen LogP contribution in [0.4, 0.5) is 4.79 Å². The molecule has 4 nitrogen and oxygen atoms in total. The summed E-state index contributed by atoms with van der Waals surface area (Å²) in [6.45, 7) is 7.94. The van der Waals surface area contributed by atoms with Crippen LogP contribution >= 0.6 is 0 Å². The van der Waals surface area contributed by atoms with Crippen LogP contribution in [0.5, 0.6) is 5.75 Å². The fraction of sp³-hybridized carbons (Fsp3) is 0.471. The lowest BCUT2D eigenvalue weighted by molar-refractivity contribution is 0.0529. The highest BCUT2D eigenvalue weighted by molar-refractivity contribution is 5.67. The molecule has 1 N–H and O–H groups in total. The Hall–Kier alpha value is -2.15. The summed E-state index contributed by atoms with van der Waals surface area (Å²) in [6, 6.07) is 5.80. The van der Waals surface area contributed by atoms with Crippen LogP contribution in [0, 0.1) is 18.8 Å². The van der Waals surface area contributed by atoms with E-state index in [1.165, 1.54) is 0 Å². The summed E-state index contributed by atoms with van der Waals surface area (Å²) in [5.74, 6) is 6.94. The molecular weight excluding hydrogens is 266 g/mol. The van der Waals surface area contributed by atoms with Crippen molar-refractivity contribution in [2.45, 2.75) is 39.7 Å². The van der Waals surface area contributed by atoms with Crippen LogP contribution < -0.4 is 10.1 Å². The molecule has 4 heteroatoms. The summed E-state index contributed by atoms with van der Waals surface area (Å²) < 4.78 is 10.3. The van der Waals surface area contributed by atoms with Crippen LogP contribution in [-0.2, 0) is 4.74 Å². The average Bonchev–Trinajstić information content (AvgIpc) is 2.36. The van der Waals surface area contributed by atoms with Crippen LogP contribution in [-0.4, -0.2) is 25.3 Å². The van der Waals surface area contributed by atoms with Crippen molar-refractivity contribution in [2.75, 3.05) is 13.7 Å². The van der Waals surface area contributed by atoms with E-state index in [1.807, 2.05) is 45.9 Å². The Balaban J connectivity index is 2.40. The number of aryl methyl sites for hydroxylation is 1. The predicted octanol–water partition coefficient (Wildman–Crippen LogP) is 3.27. The molecular formula is C17H23NO3. The van der Waals surface area contributed by atoms with Crippen molar-refractivity contribution in [1.29, 1.82) is 0 Å². The molecule has 0 bridgehead atoms. The number of carbonyl (C=O) groups is 1. The fourth-order valence-corrected chi connectivity index (χ4v) is 1.66. The molecule has 0 radical (unpaired) electrons. The summed E-state index contributed by atoms with van der Waals surface area (Å²) in [6.07, 6.45) is 0.161. The van der Waals surface area contributed by atoms with Gasteiger partial charge in [0.05, 0.1) is 7.11 Å². The minimum absolute atomic E-state index is 0.412. The number of ether oxygens (including phenoxy) is 2. The molecule has 0 aliphatic carbocycles. The summed E-state index contributed by atoms with van der Waals surface area (Å²) >= 11 is 0. The van der Waals surface area contributed by atoms with Gasteiger partial charge in [-0.25, -0.2) is 4.79 Å². The summed E-state index contributed by atoms with van der Waals surface area (Å²) in [4.78, 5) is 11.4. The van der Waals surface area contributed by atoms with E-state index in [4.69, 9.17) is 9.47 Å². The van der Waals surface area contributed by atoms with Crippen LogP contribution in [0.1, 0.15) is 38.3 Å². The van der Waals surface area contributed by atoms with Crippen LogP contribution in [0.15, 0.2) is 18.2 Å². The lowest BCUT2D eigenvalue weighted by Gasteiger charge is -2.19. The van der Waals surface area contributed by atoms with Gasteiger partial charge in [0.25, 0.3) is 0 Å². The van der Waals surface area contributed by atoms with E-state index in [0.717, 1.165) is 16.9 Å². The fourth-order valence-electron chi connectivity index (χ4n) is 1.66. The van der Waals surface area contributed by atoms with Gasteiger partial charge >= 0.3 is 6.09 Å². The molecule has 21 heavy (non-hydrogen) atoms. The molecule has 1 rings (SSSR count). The number of benzene rings is 1. The first-order chi connectivity index (χ1) is 9.81. The quantitative estimate of drug-likeness (QED) is 0.686.